The molecule has 14 heavy (non-hydrogen) atoms. The highest BCUT2D eigenvalue weighted by Gasteiger charge is 2.86. The van der Waals surface area contributed by atoms with E-state index in [0.29, 0.717) is 5.92 Å². The van der Waals surface area contributed by atoms with Crippen LogP contribution >= 0.6 is 0 Å². The van der Waals surface area contributed by atoms with Gasteiger partial charge in [0.25, 0.3) is 0 Å². The zero-order valence-electron chi connectivity index (χ0n) is 7.62. The molecule has 4 nitrogen and oxygen atoms in total. The summed E-state index contributed by atoms with van der Waals surface area (Å²) in [6, 6.07) is 0. The van der Waals surface area contributed by atoms with E-state index in [-0.39, 0.29) is 28.7 Å². The fourth-order valence-electron chi connectivity index (χ4n) is 3.99. The lowest BCUT2D eigenvalue weighted by atomic mass is 9.91. The minimum absolute atomic E-state index is 0.0972. The van der Waals surface area contributed by atoms with Crippen molar-refractivity contribution < 1.29 is 14.7 Å². The second kappa shape index (κ2) is 1.59. The average molecular weight is 193 g/mol. The Morgan fingerprint density at radius 3 is 2.50 bits per heavy atom. The highest BCUT2D eigenvalue weighted by Crippen LogP contribution is 2.80. The third-order valence-electron chi connectivity index (χ3n) is 4.78. The van der Waals surface area contributed by atoms with Gasteiger partial charge in [-0.3, -0.25) is 9.59 Å². The minimum Gasteiger partial charge on any atom is -0.481 e. The number of hydrogen-bond acceptors (Lipinski definition) is 2. The van der Waals surface area contributed by atoms with Crippen molar-refractivity contribution in [3.63, 3.8) is 0 Å². The number of carboxylic acid groups (broad SMARTS) is 1. The SMILES string of the molecule is O=C(O)[C@H]1[C@H]2[C@@H]1[C@]1(CC23CC3)NC1=O. The van der Waals surface area contributed by atoms with E-state index >= 15 is 0 Å². The predicted octanol–water partition coefficient (Wildman–Crippen LogP) is -0.0143. The Balaban J connectivity index is 1.76. The van der Waals surface area contributed by atoms with E-state index in [1.807, 2.05) is 0 Å². The molecular formula is C10H11NO3. The first-order chi connectivity index (χ1) is 6.61. The van der Waals surface area contributed by atoms with Crippen LogP contribution in [-0.2, 0) is 9.59 Å². The van der Waals surface area contributed by atoms with Crippen LogP contribution in [0.3, 0.4) is 0 Å². The molecule has 4 fully saturated rings. The summed E-state index contributed by atoms with van der Waals surface area (Å²) in [7, 11) is 0. The van der Waals surface area contributed by atoms with Crippen molar-refractivity contribution in [1.29, 1.82) is 0 Å². The molecule has 0 aromatic rings. The van der Waals surface area contributed by atoms with Crippen LogP contribution in [0.5, 0.6) is 0 Å². The van der Waals surface area contributed by atoms with Crippen molar-refractivity contribution in [2.75, 3.05) is 0 Å². The molecule has 2 spiro atoms. The van der Waals surface area contributed by atoms with Gasteiger partial charge in [0, 0.05) is 5.92 Å². The number of carbonyl (C=O) groups excluding carboxylic acids is 1. The molecule has 0 aromatic carbocycles. The predicted molar refractivity (Wildman–Crippen MR) is 45.3 cm³/mol. The van der Waals surface area contributed by atoms with Gasteiger partial charge in [0.1, 0.15) is 5.54 Å². The fraction of sp³-hybridized carbons (Fsp3) is 0.800. The Morgan fingerprint density at radius 2 is 2.07 bits per heavy atom. The Bertz CT molecular complexity index is 387. The lowest BCUT2D eigenvalue weighted by Crippen LogP contribution is -2.23. The summed E-state index contributed by atoms with van der Waals surface area (Å²) in [5.41, 5.74) is -0.142. The summed E-state index contributed by atoms with van der Waals surface area (Å²) in [5.74, 6) is -0.411. The minimum atomic E-state index is -0.702. The van der Waals surface area contributed by atoms with Crippen LogP contribution in [0.1, 0.15) is 19.3 Å². The Morgan fingerprint density at radius 1 is 1.43 bits per heavy atom. The molecule has 4 aliphatic rings. The van der Waals surface area contributed by atoms with Gasteiger partial charge in [-0.05, 0) is 30.6 Å². The largest absolute Gasteiger partial charge is 0.481 e. The number of amides is 1. The summed E-state index contributed by atoms with van der Waals surface area (Å²) in [6.45, 7) is 0. The number of rotatable bonds is 1. The fourth-order valence-corrected chi connectivity index (χ4v) is 3.99. The molecule has 4 heteroatoms. The lowest BCUT2D eigenvalue weighted by molar-refractivity contribution is -0.139. The molecule has 4 rings (SSSR count). The molecule has 1 saturated heterocycles. The van der Waals surface area contributed by atoms with Gasteiger partial charge in [-0.25, -0.2) is 0 Å². The summed E-state index contributed by atoms with van der Waals surface area (Å²) in [5, 5.41) is 11.9. The molecule has 2 N–H and O–H groups in total. The smallest absolute Gasteiger partial charge is 0.307 e. The molecule has 0 unspecified atom stereocenters. The molecule has 0 bridgehead atoms. The van der Waals surface area contributed by atoms with E-state index in [2.05, 4.69) is 5.32 Å². The van der Waals surface area contributed by atoms with Crippen LogP contribution in [0.2, 0.25) is 0 Å². The van der Waals surface area contributed by atoms with Crippen molar-refractivity contribution in [1.82, 2.24) is 5.32 Å². The zero-order valence-corrected chi connectivity index (χ0v) is 7.62. The molecule has 0 radical (unpaired) electrons. The van der Waals surface area contributed by atoms with Gasteiger partial charge < -0.3 is 10.4 Å². The molecule has 1 heterocycles. The van der Waals surface area contributed by atoms with E-state index in [9.17, 15) is 9.59 Å². The first-order valence-electron chi connectivity index (χ1n) is 5.16. The third-order valence-corrected chi connectivity index (χ3v) is 4.78. The van der Waals surface area contributed by atoms with Gasteiger partial charge in [0.2, 0.25) is 5.91 Å². The molecule has 0 aromatic heterocycles. The van der Waals surface area contributed by atoms with Crippen LogP contribution < -0.4 is 5.32 Å². The number of carboxylic acids is 1. The van der Waals surface area contributed by atoms with Crippen molar-refractivity contribution in [2.45, 2.75) is 24.8 Å². The first kappa shape index (κ1) is 7.26. The molecule has 1 aliphatic heterocycles. The van der Waals surface area contributed by atoms with Gasteiger partial charge >= 0.3 is 5.97 Å². The molecule has 3 aliphatic carbocycles. The maximum absolute atomic E-state index is 11.3. The molecule has 4 atom stereocenters. The highest BCUT2D eigenvalue weighted by molar-refractivity contribution is 6.05. The summed E-state index contributed by atoms with van der Waals surface area (Å²) >= 11 is 0. The third kappa shape index (κ3) is 0.535. The van der Waals surface area contributed by atoms with E-state index in [1.165, 1.54) is 0 Å². The van der Waals surface area contributed by atoms with Crippen LogP contribution in [0.15, 0.2) is 0 Å². The van der Waals surface area contributed by atoms with E-state index in [0.717, 1.165) is 19.3 Å². The van der Waals surface area contributed by atoms with E-state index in [1.54, 1.807) is 0 Å². The van der Waals surface area contributed by atoms with Gasteiger partial charge in [0.05, 0.1) is 5.92 Å². The maximum atomic E-state index is 11.3. The quantitative estimate of drug-likeness (QED) is 0.575. The topological polar surface area (TPSA) is 76.3 Å². The Kier molecular flexibility index (Phi) is 0.827. The average Bonchev–Trinajstić information content (AvgIpc) is 2.91. The Hall–Kier alpha value is -1.06. The highest BCUT2D eigenvalue weighted by atomic mass is 16.4. The van der Waals surface area contributed by atoms with Crippen LogP contribution in [0, 0.1) is 23.2 Å². The summed E-state index contributed by atoms with van der Waals surface area (Å²) in [4.78, 5) is 22.3. The lowest BCUT2D eigenvalue weighted by Gasteiger charge is -2.12. The molecular weight excluding hydrogens is 182 g/mol. The van der Waals surface area contributed by atoms with Crippen LogP contribution in [-0.4, -0.2) is 22.5 Å². The normalized spacial score (nSPS) is 54.3. The van der Waals surface area contributed by atoms with Gasteiger partial charge in [0.15, 0.2) is 0 Å². The van der Waals surface area contributed by atoms with Crippen molar-refractivity contribution >= 4 is 11.9 Å². The Labute approximate surface area is 80.7 Å². The second-order valence-electron chi connectivity index (χ2n) is 5.38. The van der Waals surface area contributed by atoms with Gasteiger partial charge in [-0.2, -0.15) is 0 Å². The first-order valence-corrected chi connectivity index (χ1v) is 5.16. The summed E-state index contributed by atoms with van der Waals surface area (Å²) in [6.07, 6.45) is 3.18. The molecule has 74 valence electrons. The van der Waals surface area contributed by atoms with Crippen molar-refractivity contribution in [3.8, 4) is 0 Å². The van der Waals surface area contributed by atoms with Gasteiger partial charge in [-0.15, -0.1) is 0 Å². The number of carbonyl (C=O) groups is 2. The maximum Gasteiger partial charge on any atom is 0.307 e. The van der Waals surface area contributed by atoms with Crippen molar-refractivity contribution in [2.24, 2.45) is 23.2 Å². The number of fused-ring (bicyclic) bond motifs is 3. The van der Waals surface area contributed by atoms with E-state index < -0.39 is 5.97 Å². The second-order valence-corrected chi connectivity index (χ2v) is 5.38. The standard InChI is InChI=1S/C10H11NO3/c12-7(13)4-5-6(4)10(8(14)11-10)3-9(5)1-2-9/h4-6H,1-3H2,(H,11,14)(H,12,13)/t4-,5-,6+,10-/m0/s1. The van der Waals surface area contributed by atoms with Crippen LogP contribution in [0.25, 0.3) is 0 Å². The number of aliphatic carboxylic acids is 1. The monoisotopic (exact) mass is 193 g/mol. The van der Waals surface area contributed by atoms with E-state index in [4.69, 9.17) is 5.11 Å². The van der Waals surface area contributed by atoms with Crippen molar-refractivity contribution in [3.05, 3.63) is 0 Å². The molecule has 1 amide bonds. The zero-order chi connectivity index (χ0) is 9.72. The number of nitrogens with one attached hydrogen (secondary N) is 1. The summed E-state index contributed by atoms with van der Waals surface area (Å²) < 4.78 is 0. The number of hydrogen-bond donors (Lipinski definition) is 2. The molecule has 3 saturated carbocycles. The van der Waals surface area contributed by atoms with Crippen LogP contribution in [0.4, 0.5) is 0 Å². The van der Waals surface area contributed by atoms with Gasteiger partial charge in [-0.1, -0.05) is 0 Å².